The van der Waals surface area contributed by atoms with Gasteiger partial charge in [0.25, 0.3) is 0 Å². The van der Waals surface area contributed by atoms with Crippen LogP contribution in [0.4, 0.5) is 0 Å². The average Bonchev–Trinajstić information content (AvgIpc) is 2.45. The van der Waals surface area contributed by atoms with Crippen LogP contribution >= 0.6 is 0 Å². The molecule has 0 unspecified atom stereocenters. The van der Waals surface area contributed by atoms with Crippen molar-refractivity contribution < 1.29 is 4.79 Å². The number of allylic oxidation sites excluding steroid dienone is 2. The van der Waals surface area contributed by atoms with Crippen LogP contribution in [0.25, 0.3) is 0 Å². The van der Waals surface area contributed by atoms with E-state index in [2.05, 4.69) is 33.0 Å². The van der Waals surface area contributed by atoms with Gasteiger partial charge in [0.1, 0.15) is 0 Å². The summed E-state index contributed by atoms with van der Waals surface area (Å²) in [5, 5.41) is 3.24. The monoisotopic (exact) mass is 315 g/mol. The fourth-order valence-corrected chi connectivity index (χ4v) is 7.15. The predicted molar refractivity (Wildman–Crippen MR) is 93.9 cm³/mol. The van der Waals surface area contributed by atoms with Crippen LogP contribution in [0.3, 0.4) is 0 Å². The van der Waals surface area contributed by atoms with Crippen molar-refractivity contribution in [3.63, 3.8) is 0 Å². The maximum Gasteiger partial charge on any atom is 0.207 e. The molecule has 0 spiro atoms. The van der Waals surface area contributed by atoms with Crippen LogP contribution in [-0.4, -0.2) is 11.9 Å². The molecule has 2 heteroatoms. The number of hydrogen-bond acceptors (Lipinski definition) is 1. The van der Waals surface area contributed by atoms with Crippen molar-refractivity contribution in [3.8, 4) is 0 Å². The molecule has 6 atom stereocenters. The second-order valence-electron chi connectivity index (χ2n) is 10.1. The molecule has 1 amide bonds. The van der Waals surface area contributed by atoms with Crippen molar-refractivity contribution >= 4 is 6.41 Å². The Morgan fingerprint density at radius 3 is 2.74 bits per heavy atom. The maximum atomic E-state index is 11.2. The minimum absolute atomic E-state index is 0.0238. The minimum atomic E-state index is 0.0238. The van der Waals surface area contributed by atoms with Crippen LogP contribution in [0.5, 0.6) is 0 Å². The molecule has 0 aromatic carbocycles. The molecule has 0 aromatic rings. The molecule has 4 aliphatic rings. The topological polar surface area (TPSA) is 29.1 Å². The van der Waals surface area contributed by atoms with Crippen molar-refractivity contribution in [3.05, 3.63) is 11.1 Å². The largest absolute Gasteiger partial charge is 0.353 e. The first-order chi connectivity index (χ1) is 10.8. The first-order valence-corrected chi connectivity index (χ1v) is 9.78. The Morgan fingerprint density at radius 2 is 2.00 bits per heavy atom. The van der Waals surface area contributed by atoms with E-state index < -0.39 is 0 Å². The van der Waals surface area contributed by atoms with Crippen molar-refractivity contribution in [2.75, 3.05) is 0 Å². The molecule has 1 N–H and O–H groups in total. The first kappa shape index (κ1) is 15.7. The molecular formula is C21H33NO. The van der Waals surface area contributed by atoms with Crippen molar-refractivity contribution in [1.82, 2.24) is 5.32 Å². The Bertz CT molecular complexity index is 548. The molecule has 0 heterocycles. The zero-order chi connectivity index (χ0) is 16.4. The Balaban J connectivity index is 1.77. The van der Waals surface area contributed by atoms with Crippen LogP contribution in [0, 0.1) is 35.0 Å². The zero-order valence-corrected chi connectivity index (χ0v) is 15.3. The third-order valence-corrected chi connectivity index (χ3v) is 7.94. The van der Waals surface area contributed by atoms with Crippen LogP contribution in [0.2, 0.25) is 0 Å². The summed E-state index contributed by atoms with van der Waals surface area (Å²) in [5.74, 6) is 3.97. The fraction of sp³-hybridized carbons (Fsp3) is 0.857. The van der Waals surface area contributed by atoms with E-state index in [0.717, 1.165) is 30.1 Å². The van der Waals surface area contributed by atoms with E-state index in [4.69, 9.17) is 0 Å². The molecule has 0 saturated heterocycles. The van der Waals surface area contributed by atoms with Gasteiger partial charge >= 0.3 is 0 Å². The lowest BCUT2D eigenvalue weighted by Crippen LogP contribution is -2.59. The predicted octanol–water partition coefficient (Wildman–Crippen LogP) is 4.70. The lowest BCUT2D eigenvalue weighted by atomic mass is 9.46. The molecule has 4 aliphatic carbocycles. The molecule has 0 aromatic heterocycles. The number of amides is 1. The number of rotatable bonds is 2. The lowest BCUT2D eigenvalue weighted by Gasteiger charge is -2.60. The van der Waals surface area contributed by atoms with Gasteiger partial charge in [0.05, 0.1) is 0 Å². The van der Waals surface area contributed by atoms with Gasteiger partial charge in [-0.25, -0.2) is 0 Å². The van der Waals surface area contributed by atoms with E-state index >= 15 is 0 Å². The third kappa shape index (κ3) is 2.31. The Morgan fingerprint density at radius 1 is 1.22 bits per heavy atom. The molecule has 0 bridgehead atoms. The Kier molecular flexibility index (Phi) is 3.49. The molecule has 4 rings (SSSR count). The summed E-state index contributed by atoms with van der Waals surface area (Å²) in [4.78, 5) is 11.2. The van der Waals surface area contributed by atoms with Gasteiger partial charge < -0.3 is 5.32 Å². The van der Waals surface area contributed by atoms with Crippen molar-refractivity contribution in [2.45, 2.75) is 78.2 Å². The molecule has 0 aliphatic heterocycles. The van der Waals surface area contributed by atoms with Gasteiger partial charge in [0, 0.05) is 5.54 Å². The molecule has 128 valence electrons. The molecule has 23 heavy (non-hydrogen) atoms. The van der Waals surface area contributed by atoms with Gasteiger partial charge in [-0.2, -0.15) is 0 Å². The van der Waals surface area contributed by atoms with Crippen molar-refractivity contribution in [2.24, 2.45) is 35.0 Å². The van der Waals surface area contributed by atoms with E-state index in [1.54, 1.807) is 0 Å². The van der Waals surface area contributed by atoms with Gasteiger partial charge in [0.2, 0.25) is 6.41 Å². The van der Waals surface area contributed by atoms with Crippen LogP contribution < -0.4 is 5.32 Å². The van der Waals surface area contributed by atoms with Crippen LogP contribution in [0.15, 0.2) is 11.1 Å². The van der Waals surface area contributed by atoms with Gasteiger partial charge in [-0.15, -0.1) is 0 Å². The highest BCUT2D eigenvalue weighted by Crippen LogP contribution is 2.62. The maximum absolute atomic E-state index is 11.2. The van der Waals surface area contributed by atoms with Gasteiger partial charge in [-0.05, 0) is 86.9 Å². The summed E-state index contributed by atoms with van der Waals surface area (Å²) >= 11 is 0. The standard InChI is InChI=1S/C21H33NO/c1-13-9-15-11-20(2,3)10-14-5-6-17-19(18(14)15)16(13)7-8-21(17,4)22-12-23/h12-13,15-17,19H,5-11H2,1-4H3,(H,22,23)/t13-,15+,16+,17-,19-,21-/m0/s1. The second-order valence-corrected chi connectivity index (χ2v) is 10.1. The highest BCUT2D eigenvalue weighted by Gasteiger charge is 2.55. The van der Waals surface area contributed by atoms with E-state index in [9.17, 15) is 4.79 Å². The SMILES string of the molecule is C[C@H]1C[C@@H]2CC(C)(C)CC3=C2[C@H]2[C@@H]1CC[C@](C)(NC=O)[C@H]2CC3. The molecule has 2 saturated carbocycles. The molecule has 0 radical (unpaired) electrons. The van der Waals surface area contributed by atoms with Crippen LogP contribution in [-0.2, 0) is 4.79 Å². The molecule has 2 nitrogen and oxygen atoms in total. The number of nitrogens with one attached hydrogen (secondary N) is 1. The molecule has 2 fully saturated rings. The van der Waals surface area contributed by atoms with E-state index in [0.29, 0.717) is 11.3 Å². The van der Waals surface area contributed by atoms with Gasteiger partial charge in [0.15, 0.2) is 0 Å². The highest BCUT2D eigenvalue weighted by molar-refractivity contribution is 5.48. The van der Waals surface area contributed by atoms with Crippen molar-refractivity contribution in [1.29, 1.82) is 0 Å². The smallest absolute Gasteiger partial charge is 0.207 e. The van der Waals surface area contributed by atoms with Gasteiger partial charge in [-0.3, -0.25) is 4.79 Å². The Labute approximate surface area is 141 Å². The first-order valence-electron chi connectivity index (χ1n) is 9.78. The number of hydrogen-bond donors (Lipinski definition) is 1. The summed E-state index contributed by atoms with van der Waals surface area (Å²) in [5.41, 5.74) is 4.21. The van der Waals surface area contributed by atoms with Gasteiger partial charge in [-0.1, -0.05) is 31.9 Å². The second kappa shape index (κ2) is 5.10. The zero-order valence-electron chi connectivity index (χ0n) is 15.3. The van der Waals surface area contributed by atoms with Crippen LogP contribution in [0.1, 0.15) is 72.6 Å². The highest BCUT2D eigenvalue weighted by atomic mass is 16.1. The van der Waals surface area contributed by atoms with E-state index in [1.807, 2.05) is 11.1 Å². The number of carbonyl (C=O) groups is 1. The summed E-state index contributed by atoms with van der Waals surface area (Å²) in [7, 11) is 0. The minimum Gasteiger partial charge on any atom is -0.353 e. The Hall–Kier alpha value is -0.790. The third-order valence-electron chi connectivity index (χ3n) is 7.94. The normalized spacial score (nSPS) is 47.7. The fourth-order valence-electron chi connectivity index (χ4n) is 7.15. The molecular weight excluding hydrogens is 282 g/mol. The van der Waals surface area contributed by atoms with E-state index in [-0.39, 0.29) is 5.54 Å². The summed E-state index contributed by atoms with van der Waals surface area (Å²) < 4.78 is 0. The average molecular weight is 316 g/mol. The van der Waals surface area contributed by atoms with E-state index in [1.165, 1.54) is 44.9 Å². The lowest BCUT2D eigenvalue weighted by molar-refractivity contribution is -0.113. The summed E-state index contributed by atoms with van der Waals surface area (Å²) in [6.45, 7) is 9.76. The summed E-state index contributed by atoms with van der Waals surface area (Å²) in [6, 6.07) is 0. The summed E-state index contributed by atoms with van der Waals surface area (Å²) in [6.07, 6.45) is 10.1. The number of carbonyl (C=O) groups excluding carboxylic acids is 1. The quantitative estimate of drug-likeness (QED) is 0.581.